The summed E-state index contributed by atoms with van der Waals surface area (Å²) in [7, 11) is 0. The Bertz CT molecular complexity index is 204. The summed E-state index contributed by atoms with van der Waals surface area (Å²) in [5.74, 6) is 1.03. The number of H-pyrrole nitrogens is 1. The summed E-state index contributed by atoms with van der Waals surface area (Å²) in [5.41, 5.74) is 0. The first-order valence-electron chi connectivity index (χ1n) is 4.49. The Morgan fingerprint density at radius 3 is 2.75 bits per heavy atom. The second-order valence-electron chi connectivity index (χ2n) is 3.26. The van der Waals surface area contributed by atoms with E-state index in [1.807, 2.05) is 6.20 Å². The van der Waals surface area contributed by atoms with Crippen LogP contribution in [0.5, 0.6) is 0 Å². The van der Waals surface area contributed by atoms with Gasteiger partial charge in [0.25, 0.3) is 0 Å². The molecule has 0 fully saturated rings. The first-order valence-corrected chi connectivity index (χ1v) is 4.49. The maximum absolute atomic E-state index is 4.22. The zero-order valence-corrected chi connectivity index (χ0v) is 7.96. The maximum Gasteiger partial charge on any atom is 0.123 e. The van der Waals surface area contributed by atoms with Gasteiger partial charge in [-0.1, -0.05) is 20.8 Å². The van der Waals surface area contributed by atoms with E-state index in [9.17, 15) is 0 Å². The van der Waals surface area contributed by atoms with Crippen LogP contribution in [-0.2, 0) is 0 Å². The number of nitrogens with one attached hydrogen (secondary N) is 2. The minimum absolute atomic E-state index is 0.361. The average molecular weight is 167 g/mol. The zero-order chi connectivity index (χ0) is 8.97. The van der Waals surface area contributed by atoms with Gasteiger partial charge in [-0.05, 0) is 6.42 Å². The Morgan fingerprint density at radius 2 is 2.33 bits per heavy atom. The van der Waals surface area contributed by atoms with E-state index in [2.05, 4.69) is 36.1 Å². The van der Waals surface area contributed by atoms with Crippen molar-refractivity contribution < 1.29 is 0 Å². The van der Waals surface area contributed by atoms with Crippen LogP contribution in [-0.4, -0.2) is 16.0 Å². The Morgan fingerprint density at radius 1 is 1.58 bits per heavy atom. The number of aromatic nitrogens is 2. The van der Waals surface area contributed by atoms with E-state index in [1.54, 1.807) is 6.20 Å². The van der Waals surface area contributed by atoms with Gasteiger partial charge >= 0.3 is 0 Å². The molecule has 0 saturated carbocycles. The summed E-state index contributed by atoms with van der Waals surface area (Å²) >= 11 is 0. The van der Waals surface area contributed by atoms with Gasteiger partial charge in [-0.25, -0.2) is 4.98 Å². The first kappa shape index (κ1) is 9.26. The average Bonchev–Trinajstić information content (AvgIpc) is 2.51. The molecule has 0 bridgehead atoms. The topological polar surface area (TPSA) is 40.7 Å². The van der Waals surface area contributed by atoms with Crippen LogP contribution in [0.2, 0.25) is 0 Å². The molecule has 1 aromatic heterocycles. The number of hydrogen-bond acceptors (Lipinski definition) is 2. The maximum atomic E-state index is 4.22. The van der Waals surface area contributed by atoms with E-state index in [4.69, 9.17) is 0 Å². The van der Waals surface area contributed by atoms with Crippen LogP contribution < -0.4 is 5.32 Å². The molecule has 0 amide bonds. The Hall–Kier alpha value is -0.830. The van der Waals surface area contributed by atoms with Crippen molar-refractivity contribution in [1.29, 1.82) is 0 Å². The minimum Gasteiger partial charge on any atom is -0.347 e. The summed E-state index contributed by atoms with van der Waals surface area (Å²) in [6, 6.07) is 0.861. The second-order valence-corrected chi connectivity index (χ2v) is 3.26. The summed E-state index contributed by atoms with van der Waals surface area (Å²) in [5, 5.41) is 3.44. The summed E-state index contributed by atoms with van der Waals surface area (Å²) in [6.45, 7) is 6.44. The zero-order valence-electron chi connectivity index (χ0n) is 7.96. The van der Waals surface area contributed by atoms with Crippen molar-refractivity contribution in [1.82, 2.24) is 15.3 Å². The van der Waals surface area contributed by atoms with Gasteiger partial charge in [0.05, 0.1) is 6.04 Å². The number of nitrogens with zero attached hydrogens (tertiary/aromatic N) is 1. The molecule has 1 aromatic rings. The van der Waals surface area contributed by atoms with Gasteiger partial charge in [0.1, 0.15) is 5.82 Å². The molecule has 1 rings (SSSR count). The number of hydrogen-bond donors (Lipinski definition) is 2. The fraction of sp³-hybridized carbons (Fsp3) is 0.667. The highest BCUT2D eigenvalue weighted by molar-refractivity contribution is 4.95. The van der Waals surface area contributed by atoms with Crippen LogP contribution in [0.4, 0.5) is 0 Å². The van der Waals surface area contributed by atoms with Gasteiger partial charge in [-0.3, -0.25) is 0 Å². The fourth-order valence-electron chi connectivity index (χ4n) is 1.26. The van der Waals surface area contributed by atoms with Crippen molar-refractivity contribution in [3.63, 3.8) is 0 Å². The number of rotatable bonds is 4. The molecule has 12 heavy (non-hydrogen) atoms. The van der Waals surface area contributed by atoms with Crippen LogP contribution in [0.1, 0.15) is 39.1 Å². The predicted molar refractivity (Wildman–Crippen MR) is 49.9 cm³/mol. The van der Waals surface area contributed by atoms with Gasteiger partial charge in [-0.2, -0.15) is 0 Å². The molecule has 1 heterocycles. The number of aromatic amines is 1. The predicted octanol–water partition coefficient (Wildman–Crippen LogP) is 1.86. The standard InChI is InChI=1S/C9H17N3/c1-4-8(12-7(2)3)9-10-5-6-11-9/h5-8,12H,4H2,1-3H3,(H,10,11). The molecule has 0 aromatic carbocycles. The molecular weight excluding hydrogens is 150 g/mol. The van der Waals surface area contributed by atoms with Gasteiger partial charge in [0, 0.05) is 18.4 Å². The van der Waals surface area contributed by atoms with E-state index < -0.39 is 0 Å². The van der Waals surface area contributed by atoms with Gasteiger partial charge in [0.2, 0.25) is 0 Å². The van der Waals surface area contributed by atoms with Gasteiger partial charge in [0.15, 0.2) is 0 Å². The van der Waals surface area contributed by atoms with Gasteiger partial charge < -0.3 is 10.3 Å². The lowest BCUT2D eigenvalue weighted by molar-refractivity contribution is 0.450. The van der Waals surface area contributed by atoms with Crippen molar-refractivity contribution in [3.05, 3.63) is 18.2 Å². The highest BCUT2D eigenvalue weighted by Crippen LogP contribution is 2.11. The molecule has 0 saturated heterocycles. The van der Waals surface area contributed by atoms with E-state index in [-0.39, 0.29) is 0 Å². The van der Waals surface area contributed by atoms with Crippen molar-refractivity contribution in [2.75, 3.05) is 0 Å². The molecule has 0 aliphatic heterocycles. The molecule has 0 spiro atoms. The third kappa shape index (κ3) is 2.34. The molecule has 3 heteroatoms. The second kappa shape index (κ2) is 4.26. The van der Waals surface area contributed by atoms with E-state index in [0.717, 1.165) is 12.2 Å². The molecule has 3 nitrogen and oxygen atoms in total. The highest BCUT2D eigenvalue weighted by Gasteiger charge is 2.11. The Kier molecular flexibility index (Phi) is 3.29. The SMILES string of the molecule is CCC(NC(C)C)c1ncc[nH]1. The van der Waals surface area contributed by atoms with Crippen LogP contribution in [0.25, 0.3) is 0 Å². The largest absolute Gasteiger partial charge is 0.347 e. The highest BCUT2D eigenvalue weighted by atomic mass is 15.0. The lowest BCUT2D eigenvalue weighted by atomic mass is 10.2. The summed E-state index contributed by atoms with van der Waals surface area (Å²) in [6.07, 6.45) is 4.71. The summed E-state index contributed by atoms with van der Waals surface area (Å²) < 4.78 is 0. The minimum atomic E-state index is 0.361. The monoisotopic (exact) mass is 167 g/mol. The molecule has 0 aliphatic rings. The third-order valence-electron chi connectivity index (χ3n) is 1.79. The Labute approximate surface area is 73.6 Å². The lowest BCUT2D eigenvalue weighted by Crippen LogP contribution is -2.28. The molecular formula is C9H17N3. The lowest BCUT2D eigenvalue weighted by Gasteiger charge is -2.17. The third-order valence-corrected chi connectivity index (χ3v) is 1.79. The van der Waals surface area contributed by atoms with E-state index >= 15 is 0 Å². The smallest absolute Gasteiger partial charge is 0.123 e. The quantitative estimate of drug-likeness (QED) is 0.718. The molecule has 2 N–H and O–H groups in total. The number of imidazole rings is 1. The van der Waals surface area contributed by atoms with Crippen molar-refractivity contribution in [2.24, 2.45) is 0 Å². The van der Waals surface area contributed by atoms with E-state index in [0.29, 0.717) is 12.1 Å². The van der Waals surface area contributed by atoms with Crippen molar-refractivity contribution >= 4 is 0 Å². The van der Waals surface area contributed by atoms with Crippen LogP contribution in [0.15, 0.2) is 12.4 Å². The summed E-state index contributed by atoms with van der Waals surface area (Å²) in [4.78, 5) is 7.34. The van der Waals surface area contributed by atoms with Crippen LogP contribution in [0.3, 0.4) is 0 Å². The van der Waals surface area contributed by atoms with Crippen LogP contribution >= 0.6 is 0 Å². The van der Waals surface area contributed by atoms with Gasteiger partial charge in [-0.15, -0.1) is 0 Å². The molecule has 0 aliphatic carbocycles. The van der Waals surface area contributed by atoms with E-state index in [1.165, 1.54) is 0 Å². The molecule has 68 valence electrons. The normalized spacial score (nSPS) is 13.7. The van der Waals surface area contributed by atoms with Crippen molar-refractivity contribution in [3.8, 4) is 0 Å². The Balaban J connectivity index is 2.57. The molecule has 0 radical (unpaired) electrons. The fourth-order valence-corrected chi connectivity index (χ4v) is 1.26. The molecule has 1 unspecified atom stereocenters. The first-order chi connectivity index (χ1) is 5.74. The van der Waals surface area contributed by atoms with Crippen LogP contribution in [0, 0.1) is 0 Å². The van der Waals surface area contributed by atoms with Crippen molar-refractivity contribution in [2.45, 2.75) is 39.3 Å². The molecule has 1 atom stereocenters.